The van der Waals surface area contributed by atoms with Crippen LogP contribution in [0.2, 0.25) is 0 Å². The first-order valence-corrected chi connectivity index (χ1v) is 5.93. The first-order valence-electron chi connectivity index (χ1n) is 5.93. The van der Waals surface area contributed by atoms with Crippen molar-refractivity contribution in [1.29, 1.82) is 0 Å². The van der Waals surface area contributed by atoms with Gasteiger partial charge in [0.2, 0.25) is 0 Å². The molecule has 0 aliphatic rings. The lowest BCUT2D eigenvalue weighted by molar-refractivity contribution is 0.0945. The molecule has 3 rings (SSSR count). The van der Waals surface area contributed by atoms with Gasteiger partial charge in [0.25, 0.3) is 5.91 Å². The average Bonchev–Trinajstić information content (AvgIpc) is 3.17. The van der Waals surface area contributed by atoms with Crippen LogP contribution in [0.3, 0.4) is 0 Å². The van der Waals surface area contributed by atoms with E-state index in [0.29, 0.717) is 5.82 Å². The van der Waals surface area contributed by atoms with Crippen LogP contribution in [0.1, 0.15) is 16.3 Å². The summed E-state index contributed by atoms with van der Waals surface area (Å²) in [6, 6.07) is 9.45. The van der Waals surface area contributed by atoms with Gasteiger partial charge in [-0.3, -0.25) is 9.89 Å². The van der Waals surface area contributed by atoms with E-state index in [2.05, 4.69) is 30.8 Å². The van der Waals surface area contributed by atoms with E-state index in [1.165, 1.54) is 6.33 Å². The zero-order chi connectivity index (χ0) is 13.8. The Hall–Kier alpha value is -3.03. The number of rotatable bonds is 4. The number of hydrogen-bond acceptors (Lipinski definition) is 5. The fraction of sp³-hybridized carbons (Fsp3) is 0.0833. The SMILES string of the molecule is O=C(NCc1ncn[nH]1)c1cn(-c2ccccc2)nn1. The minimum Gasteiger partial charge on any atom is -0.343 e. The Kier molecular flexibility index (Phi) is 3.19. The van der Waals surface area contributed by atoms with Crippen molar-refractivity contribution in [3.63, 3.8) is 0 Å². The average molecular weight is 269 g/mol. The number of carbonyl (C=O) groups is 1. The highest BCUT2D eigenvalue weighted by Crippen LogP contribution is 2.05. The summed E-state index contributed by atoms with van der Waals surface area (Å²) in [5, 5.41) is 16.8. The lowest BCUT2D eigenvalue weighted by Crippen LogP contribution is -2.23. The van der Waals surface area contributed by atoms with Crippen LogP contribution < -0.4 is 5.32 Å². The number of aromatic amines is 1. The number of nitrogens with zero attached hydrogens (tertiary/aromatic N) is 5. The number of para-hydroxylation sites is 1. The molecule has 2 heterocycles. The van der Waals surface area contributed by atoms with Crippen LogP contribution in [0, 0.1) is 0 Å². The summed E-state index contributed by atoms with van der Waals surface area (Å²) < 4.78 is 1.55. The third-order valence-electron chi connectivity index (χ3n) is 2.63. The molecule has 2 N–H and O–H groups in total. The van der Waals surface area contributed by atoms with Gasteiger partial charge in [-0.15, -0.1) is 5.10 Å². The highest BCUT2D eigenvalue weighted by Gasteiger charge is 2.11. The van der Waals surface area contributed by atoms with Crippen LogP contribution >= 0.6 is 0 Å². The first-order chi connectivity index (χ1) is 9.83. The number of carbonyl (C=O) groups excluding carboxylic acids is 1. The van der Waals surface area contributed by atoms with Gasteiger partial charge in [0, 0.05) is 0 Å². The van der Waals surface area contributed by atoms with Crippen molar-refractivity contribution in [2.24, 2.45) is 0 Å². The van der Waals surface area contributed by atoms with Crippen molar-refractivity contribution in [3.8, 4) is 5.69 Å². The molecule has 8 heteroatoms. The molecule has 20 heavy (non-hydrogen) atoms. The van der Waals surface area contributed by atoms with E-state index < -0.39 is 0 Å². The summed E-state index contributed by atoms with van der Waals surface area (Å²) in [4.78, 5) is 15.8. The Morgan fingerprint density at radius 3 is 2.90 bits per heavy atom. The maximum absolute atomic E-state index is 11.9. The zero-order valence-corrected chi connectivity index (χ0v) is 10.4. The molecule has 100 valence electrons. The lowest BCUT2D eigenvalue weighted by Gasteiger charge is -1.99. The molecule has 0 fully saturated rings. The number of benzene rings is 1. The number of nitrogens with one attached hydrogen (secondary N) is 2. The first kappa shape index (κ1) is 12.0. The standard InChI is InChI=1S/C12H11N7O/c20-12(13-6-11-14-8-15-17-11)10-7-19(18-16-10)9-4-2-1-3-5-9/h1-5,7-8H,6H2,(H,13,20)(H,14,15,17). The van der Waals surface area contributed by atoms with Crippen LogP contribution in [-0.4, -0.2) is 36.1 Å². The largest absolute Gasteiger partial charge is 0.343 e. The van der Waals surface area contributed by atoms with E-state index in [4.69, 9.17) is 0 Å². The third kappa shape index (κ3) is 2.53. The van der Waals surface area contributed by atoms with E-state index in [9.17, 15) is 4.79 Å². The minimum absolute atomic E-state index is 0.244. The maximum atomic E-state index is 11.9. The molecule has 0 atom stereocenters. The summed E-state index contributed by atoms with van der Waals surface area (Å²) >= 11 is 0. The lowest BCUT2D eigenvalue weighted by atomic mass is 10.3. The van der Waals surface area contributed by atoms with Crippen molar-refractivity contribution >= 4 is 5.91 Å². The molecule has 2 aromatic heterocycles. The molecule has 0 aliphatic heterocycles. The summed E-state index contributed by atoms with van der Waals surface area (Å²) in [6.07, 6.45) is 2.96. The normalized spacial score (nSPS) is 10.4. The second kappa shape index (κ2) is 5.31. The molecule has 0 unspecified atom stereocenters. The van der Waals surface area contributed by atoms with Crippen molar-refractivity contribution in [2.75, 3.05) is 0 Å². The fourth-order valence-corrected chi connectivity index (χ4v) is 1.65. The molecule has 3 aromatic rings. The van der Waals surface area contributed by atoms with Gasteiger partial charge < -0.3 is 5.32 Å². The molecule has 0 saturated carbocycles. The van der Waals surface area contributed by atoms with Gasteiger partial charge in [-0.05, 0) is 12.1 Å². The molecular formula is C12H11N7O. The quantitative estimate of drug-likeness (QED) is 0.710. The zero-order valence-electron chi connectivity index (χ0n) is 10.4. The summed E-state index contributed by atoms with van der Waals surface area (Å²) in [5.41, 5.74) is 1.09. The minimum atomic E-state index is -0.316. The second-order valence-corrected chi connectivity index (χ2v) is 4.00. The number of H-pyrrole nitrogens is 1. The van der Waals surface area contributed by atoms with Gasteiger partial charge in [-0.2, -0.15) is 5.10 Å². The number of aromatic nitrogens is 6. The smallest absolute Gasteiger partial charge is 0.273 e. The van der Waals surface area contributed by atoms with E-state index >= 15 is 0 Å². The van der Waals surface area contributed by atoms with E-state index in [1.807, 2.05) is 30.3 Å². The van der Waals surface area contributed by atoms with Crippen molar-refractivity contribution in [1.82, 2.24) is 35.5 Å². The molecule has 1 aromatic carbocycles. The van der Waals surface area contributed by atoms with Crippen LogP contribution in [0.15, 0.2) is 42.9 Å². The summed E-state index contributed by atoms with van der Waals surface area (Å²) in [6.45, 7) is 0.261. The highest BCUT2D eigenvalue weighted by atomic mass is 16.2. The van der Waals surface area contributed by atoms with E-state index in [-0.39, 0.29) is 18.1 Å². The Labute approximate surface area is 113 Å². The maximum Gasteiger partial charge on any atom is 0.273 e. The predicted octanol–water partition coefficient (Wildman–Crippen LogP) is 0.315. The van der Waals surface area contributed by atoms with Crippen molar-refractivity contribution in [3.05, 3.63) is 54.4 Å². The van der Waals surface area contributed by atoms with E-state index in [1.54, 1.807) is 10.9 Å². The summed E-state index contributed by atoms with van der Waals surface area (Å²) in [7, 11) is 0. The monoisotopic (exact) mass is 269 g/mol. The topological polar surface area (TPSA) is 101 Å². The van der Waals surface area contributed by atoms with Crippen molar-refractivity contribution in [2.45, 2.75) is 6.54 Å². The Morgan fingerprint density at radius 2 is 2.15 bits per heavy atom. The number of hydrogen-bond donors (Lipinski definition) is 2. The second-order valence-electron chi connectivity index (χ2n) is 4.00. The van der Waals surface area contributed by atoms with Gasteiger partial charge >= 0.3 is 0 Å². The molecule has 0 radical (unpaired) electrons. The molecule has 0 spiro atoms. The van der Waals surface area contributed by atoms with Gasteiger partial charge in [0.05, 0.1) is 18.4 Å². The Balaban J connectivity index is 1.69. The predicted molar refractivity (Wildman–Crippen MR) is 68.9 cm³/mol. The fourth-order valence-electron chi connectivity index (χ4n) is 1.65. The van der Waals surface area contributed by atoms with Gasteiger partial charge in [0.15, 0.2) is 5.69 Å². The summed E-state index contributed by atoms with van der Waals surface area (Å²) in [5.74, 6) is 0.261. The van der Waals surface area contributed by atoms with Crippen LogP contribution in [0.4, 0.5) is 0 Å². The van der Waals surface area contributed by atoms with Gasteiger partial charge in [-0.25, -0.2) is 9.67 Å². The molecule has 0 saturated heterocycles. The van der Waals surface area contributed by atoms with Crippen LogP contribution in [0.5, 0.6) is 0 Å². The Bertz CT molecular complexity index is 690. The molecule has 8 nitrogen and oxygen atoms in total. The van der Waals surface area contributed by atoms with Crippen LogP contribution in [-0.2, 0) is 6.54 Å². The number of amides is 1. The van der Waals surface area contributed by atoms with Gasteiger partial charge in [0.1, 0.15) is 12.2 Å². The molecule has 1 amide bonds. The molecular weight excluding hydrogens is 258 g/mol. The van der Waals surface area contributed by atoms with E-state index in [0.717, 1.165) is 5.69 Å². The highest BCUT2D eigenvalue weighted by molar-refractivity contribution is 5.91. The molecule has 0 aliphatic carbocycles. The van der Waals surface area contributed by atoms with Crippen LogP contribution in [0.25, 0.3) is 5.69 Å². The van der Waals surface area contributed by atoms with Crippen molar-refractivity contribution < 1.29 is 4.79 Å². The third-order valence-corrected chi connectivity index (χ3v) is 2.63. The van der Waals surface area contributed by atoms with Gasteiger partial charge in [-0.1, -0.05) is 23.4 Å². The molecule has 0 bridgehead atoms. The Morgan fingerprint density at radius 1 is 1.30 bits per heavy atom.